The Hall–Kier alpha value is -1.75. The Morgan fingerprint density at radius 1 is 1.30 bits per heavy atom. The molecule has 2 N–H and O–H groups in total. The fourth-order valence-corrected chi connectivity index (χ4v) is 2.81. The highest BCUT2D eigenvalue weighted by atomic mass is 16.5. The summed E-state index contributed by atoms with van der Waals surface area (Å²) in [5.41, 5.74) is 2.41. The molecule has 0 spiro atoms. The van der Waals surface area contributed by atoms with Crippen molar-refractivity contribution in [3.05, 3.63) is 23.8 Å². The number of carbonyl (C=O) groups excluding carboxylic acids is 1. The molecule has 0 aromatic heterocycles. The lowest BCUT2D eigenvalue weighted by molar-refractivity contribution is -0.0763. The van der Waals surface area contributed by atoms with Gasteiger partial charge in [-0.05, 0) is 26.0 Å². The van der Waals surface area contributed by atoms with Crippen LogP contribution in [0.15, 0.2) is 18.2 Å². The molecule has 1 saturated heterocycles. The van der Waals surface area contributed by atoms with Gasteiger partial charge in [-0.3, -0.25) is 4.79 Å². The largest absolute Gasteiger partial charge is 0.382 e. The van der Waals surface area contributed by atoms with E-state index in [1.165, 1.54) is 0 Å². The zero-order valence-electron chi connectivity index (χ0n) is 12.0. The van der Waals surface area contributed by atoms with E-state index in [1.54, 1.807) is 0 Å². The van der Waals surface area contributed by atoms with Crippen LogP contribution in [-0.2, 0) is 4.74 Å². The van der Waals surface area contributed by atoms with E-state index >= 15 is 0 Å². The van der Waals surface area contributed by atoms with Crippen LogP contribution in [0.5, 0.6) is 0 Å². The van der Waals surface area contributed by atoms with Crippen LogP contribution < -0.4 is 10.6 Å². The molecule has 108 valence electrons. The third-order valence-corrected chi connectivity index (χ3v) is 3.75. The molecule has 0 unspecified atom stereocenters. The summed E-state index contributed by atoms with van der Waals surface area (Å²) in [5.74, 6) is 0.0782. The molecule has 1 aromatic rings. The number of amides is 1. The predicted octanol–water partition coefficient (Wildman–Crippen LogP) is 1.77. The van der Waals surface area contributed by atoms with Crippen molar-refractivity contribution in [2.75, 3.05) is 43.4 Å². The molecule has 0 radical (unpaired) electrons. The van der Waals surface area contributed by atoms with Crippen molar-refractivity contribution in [3.63, 3.8) is 0 Å². The first-order valence-electron chi connectivity index (χ1n) is 7.11. The van der Waals surface area contributed by atoms with Crippen molar-refractivity contribution in [2.45, 2.75) is 19.4 Å². The minimum atomic E-state index is -0.269. The predicted molar refractivity (Wildman–Crippen MR) is 79.4 cm³/mol. The van der Waals surface area contributed by atoms with Crippen molar-refractivity contribution in [3.8, 4) is 0 Å². The third kappa shape index (κ3) is 2.45. The summed E-state index contributed by atoms with van der Waals surface area (Å²) >= 11 is 0. The summed E-state index contributed by atoms with van der Waals surface area (Å²) < 4.78 is 5.67. The Morgan fingerprint density at radius 3 is 2.90 bits per heavy atom. The van der Waals surface area contributed by atoms with Gasteiger partial charge < -0.3 is 20.3 Å². The molecule has 3 rings (SSSR count). The van der Waals surface area contributed by atoms with Crippen molar-refractivity contribution in [1.29, 1.82) is 0 Å². The lowest BCUT2D eigenvalue weighted by Crippen LogP contribution is -2.50. The normalized spacial score (nSPS) is 20.6. The number of fused-ring (bicyclic) bond motifs is 1. The molecule has 5 heteroatoms. The maximum atomic E-state index is 12.8. The molecule has 0 atom stereocenters. The van der Waals surface area contributed by atoms with Crippen molar-refractivity contribution < 1.29 is 9.53 Å². The smallest absolute Gasteiger partial charge is 0.256 e. The molecule has 2 aliphatic rings. The summed E-state index contributed by atoms with van der Waals surface area (Å²) in [5, 5.41) is 6.65. The number of para-hydroxylation sites is 1. The van der Waals surface area contributed by atoms with Gasteiger partial charge in [0.2, 0.25) is 0 Å². The minimum absolute atomic E-state index is 0.0782. The number of benzene rings is 1. The molecule has 1 fully saturated rings. The average molecular weight is 275 g/mol. The number of morpholine rings is 1. The van der Waals surface area contributed by atoms with Gasteiger partial charge in [-0.2, -0.15) is 0 Å². The van der Waals surface area contributed by atoms with E-state index in [-0.39, 0.29) is 11.5 Å². The maximum absolute atomic E-state index is 12.8. The number of nitrogens with one attached hydrogen (secondary N) is 2. The fourth-order valence-electron chi connectivity index (χ4n) is 2.81. The number of carbonyl (C=O) groups is 1. The van der Waals surface area contributed by atoms with Crippen LogP contribution >= 0.6 is 0 Å². The average Bonchev–Trinajstić information content (AvgIpc) is 2.45. The highest BCUT2D eigenvalue weighted by Crippen LogP contribution is 2.30. The molecule has 2 heterocycles. The molecule has 0 aliphatic carbocycles. The van der Waals surface area contributed by atoms with Crippen LogP contribution in [0.4, 0.5) is 11.4 Å². The molecule has 2 aliphatic heterocycles. The van der Waals surface area contributed by atoms with E-state index in [0.717, 1.165) is 30.0 Å². The highest BCUT2D eigenvalue weighted by Gasteiger charge is 2.31. The Labute approximate surface area is 119 Å². The number of nitrogens with zero attached hydrogens (tertiary/aromatic N) is 1. The second kappa shape index (κ2) is 4.98. The van der Waals surface area contributed by atoms with Gasteiger partial charge in [0.15, 0.2) is 0 Å². The minimum Gasteiger partial charge on any atom is -0.382 e. The van der Waals surface area contributed by atoms with Crippen molar-refractivity contribution in [2.24, 2.45) is 0 Å². The molecule has 1 amide bonds. The van der Waals surface area contributed by atoms with Crippen LogP contribution in [0.3, 0.4) is 0 Å². The van der Waals surface area contributed by atoms with Crippen molar-refractivity contribution in [1.82, 2.24) is 4.90 Å². The van der Waals surface area contributed by atoms with Gasteiger partial charge in [-0.15, -0.1) is 0 Å². The topological polar surface area (TPSA) is 53.6 Å². The summed E-state index contributed by atoms with van der Waals surface area (Å²) in [6, 6.07) is 5.82. The summed E-state index contributed by atoms with van der Waals surface area (Å²) in [4.78, 5) is 14.6. The molecular weight excluding hydrogens is 254 g/mol. The van der Waals surface area contributed by atoms with E-state index in [0.29, 0.717) is 19.7 Å². The molecule has 0 saturated carbocycles. The van der Waals surface area contributed by atoms with Crippen LogP contribution in [0, 0.1) is 0 Å². The first-order chi connectivity index (χ1) is 9.57. The Bertz CT molecular complexity index is 528. The number of anilines is 2. The molecule has 1 aromatic carbocycles. The quantitative estimate of drug-likeness (QED) is 0.820. The van der Waals surface area contributed by atoms with Crippen LogP contribution in [0.25, 0.3) is 0 Å². The van der Waals surface area contributed by atoms with Crippen LogP contribution in [0.2, 0.25) is 0 Å². The van der Waals surface area contributed by atoms with E-state index in [1.807, 2.05) is 36.9 Å². The number of rotatable bonds is 1. The third-order valence-electron chi connectivity index (χ3n) is 3.75. The zero-order valence-corrected chi connectivity index (χ0v) is 12.0. The van der Waals surface area contributed by atoms with Gasteiger partial charge in [0.1, 0.15) is 0 Å². The Kier molecular flexibility index (Phi) is 3.30. The summed E-state index contributed by atoms with van der Waals surface area (Å²) in [7, 11) is 0. The summed E-state index contributed by atoms with van der Waals surface area (Å²) in [6.07, 6.45) is 0. The molecule has 0 bridgehead atoms. The van der Waals surface area contributed by atoms with E-state index in [9.17, 15) is 4.79 Å². The lowest BCUT2D eigenvalue weighted by atomic mass is 10.0. The fraction of sp³-hybridized carbons (Fsp3) is 0.533. The molecule has 20 heavy (non-hydrogen) atoms. The Morgan fingerprint density at radius 2 is 2.10 bits per heavy atom. The molecule has 5 nitrogen and oxygen atoms in total. The summed E-state index contributed by atoms with van der Waals surface area (Å²) in [6.45, 7) is 7.64. The van der Waals surface area contributed by atoms with Crippen LogP contribution in [0.1, 0.15) is 24.2 Å². The number of hydrogen-bond acceptors (Lipinski definition) is 4. The first kappa shape index (κ1) is 13.2. The first-order valence-corrected chi connectivity index (χ1v) is 7.11. The van der Waals surface area contributed by atoms with Crippen molar-refractivity contribution >= 4 is 17.3 Å². The van der Waals surface area contributed by atoms with Gasteiger partial charge in [-0.1, -0.05) is 6.07 Å². The second-order valence-electron chi connectivity index (χ2n) is 5.92. The van der Waals surface area contributed by atoms with E-state index < -0.39 is 0 Å². The van der Waals surface area contributed by atoms with E-state index in [2.05, 4.69) is 10.6 Å². The zero-order chi connectivity index (χ0) is 14.2. The highest BCUT2D eigenvalue weighted by molar-refractivity contribution is 6.02. The second-order valence-corrected chi connectivity index (χ2v) is 5.92. The standard InChI is InChI=1S/C15H21N3O2/c1-15(2)10-18(8-9-20-15)14(19)11-4-3-5-12-13(11)17-7-6-16-12/h3-5,16-17H,6-10H2,1-2H3. The van der Waals surface area contributed by atoms with Gasteiger partial charge in [0.05, 0.1) is 29.1 Å². The van der Waals surface area contributed by atoms with Gasteiger partial charge >= 0.3 is 0 Å². The van der Waals surface area contributed by atoms with E-state index in [4.69, 9.17) is 4.74 Å². The van der Waals surface area contributed by atoms with Gasteiger partial charge in [-0.25, -0.2) is 0 Å². The SMILES string of the molecule is CC1(C)CN(C(=O)c2cccc3c2NCCN3)CCO1. The molecular formula is C15H21N3O2. The number of ether oxygens (including phenoxy) is 1. The monoisotopic (exact) mass is 275 g/mol. The van der Waals surface area contributed by atoms with Gasteiger partial charge in [0.25, 0.3) is 5.91 Å². The number of hydrogen-bond donors (Lipinski definition) is 2. The maximum Gasteiger partial charge on any atom is 0.256 e. The van der Waals surface area contributed by atoms with Crippen LogP contribution in [-0.4, -0.2) is 49.2 Å². The van der Waals surface area contributed by atoms with Gasteiger partial charge in [0, 0.05) is 26.2 Å². The lowest BCUT2D eigenvalue weighted by Gasteiger charge is -2.38. The Balaban J connectivity index is 1.87.